The summed E-state index contributed by atoms with van der Waals surface area (Å²) in [6.07, 6.45) is 2.73. The predicted molar refractivity (Wildman–Crippen MR) is 119 cm³/mol. The summed E-state index contributed by atoms with van der Waals surface area (Å²) in [7, 11) is 0. The summed E-state index contributed by atoms with van der Waals surface area (Å²) in [5.41, 5.74) is 1.71. The Balaban J connectivity index is 1.61. The van der Waals surface area contributed by atoms with E-state index in [1.54, 1.807) is 17.5 Å². The second-order valence-electron chi connectivity index (χ2n) is 6.20. The molecule has 0 spiro atoms. The highest BCUT2D eigenvalue weighted by atomic mass is 32.2. The lowest BCUT2D eigenvalue weighted by molar-refractivity contribution is -0.113. The van der Waals surface area contributed by atoms with Gasteiger partial charge in [-0.2, -0.15) is 5.26 Å². The first-order chi connectivity index (χ1) is 14.6. The van der Waals surface area contributed by atoms with E-state index in [1.165, 1.54) is 28.7 Å². The smallest absolute Gasteiger partial charge is 0.235 e. The van der Waals surface area contributed by atoms with Gasteiger partial charge >= 0.3 is 0 Å². The van der Waals surface area contributed by atoms with Crippen LogP contribution >= 0.6 is 23.1 Å². The number of aryl methyl sites for hydroxylation is 1. The van der Waals surface area contributed by atoms with E-state index in [4.69, 9.17) is 10.00 Å². The molecule has 3 aromatic rings. The molecule has 0 fully saturated rings. The molecule has 7 nitrogen and oxygen atoms in total. The molecule has 154 valence electrons. The Hall–Kier alpha value is -3.09. The van der Waals surface area contributed by atoms with Gasteiger partial charge in [0.05, 0.1) is 11.3 Å². The van der Waals surface area contributed by atoms with Crippen molar-refractivity contribution in [2.75, 3.05) is 11.1 Å². The number of aromatic nitrogens is 3. The Kier molecular flexibility index (Phi) is 7.65. The SMILES string of the molecule is C=CCn1c(COc2ccc(CC)cc2)nnc1SCC(=O)Nc1sccc1C#N. The molecule has 2 aromatic heterocycles. The van der Waals surface area contributed by atoms with Crippen molar-refractivity contribution in [1.29, 1.82) is 5.26 Å². The predicted octanol–water partition coefficient (Wildman–Crippen LogP) is 4.27. The Morgan fingerprint density at radius 3 is 2.87 bits per heavy atom. The summed E-state index contributed by atoms with van der Waals surface area (Å²) in [6.45, 7) is 6.66. The quantitative estimate of drug-likeness (QED) is 0.375. The topological polar surface area (TPSA) is 92.8 Å². The van der Waals surface area contributed by atoms with Crippen molar-refractivity contribution in [3.8, 4) is 11.8 Å². The number of benzene rings is 1. The van der Waals surface area contributed by atoms with Crippen LogP contribution < -0.4 is 10.1 Å². The molecule has 0 aliphatic carbocycles. The molecule has 1 N–H and O–H groups in total. The molecule has 0 unspecified atom stereocenters. The van der Waals surface area contributed by atoms with Crippen LogP contribution in [0.3, 0.4) is 0 Å². The maximum atomic E-state index is 12.3. The monoisotopic (exact) mass is 439 g/mol. The van der Waals surface area contributed by atoms with Crippen LogP contribution in [-0.4, -0.2) is 26.4 Å². The van der Waals surface area contributed by atoms with Crippen molar-refractivity contribution in [3.63, 3.8) is 0 Å². The number of anilines is 1. The average molecular weight is 440 g/mol. The highest BCUT2D eigenvalue weighted by molar-refractivity contribution is 7.99. The first kappa shape index (κ1) is 21.6. The minimum absolute atomic E-state index is 0.150. The van der Waals surface area contributed by atoms with E-state index in [-0.39, 0.29) is 18.3 Å². The van der Waals surface area contributed by atoms with Crippen molar-refractivity contribution in [2.45, 2.75) is 31.7 Å². The molecule has 1 amide bonds. The van der Waals surface area contributed by atoms with Crippen LogP contribution in [0.2, 0.25) is 0 Å². The standard InChI is InChI=1S/C21H21N5O2S2/c1-3-10-26-18(13-28-17-7-5-15(4-2)6-8-17)24-25-21(26)30-14-19(27)23-20-16(12-22)9-11-29-20/h3,5-9,11H,1,4,10,13-14H2,2H3,(H,23,27). The average Bonchev–Trinajstić information content (AvgIpc) is 3.38. The fourth-order valence-corrected chi connectivity index (χ4v) is 4.12. The number of rotatable bonds is 10. The molecule has 3 rings (SSSR count). The molecule has 0 saturated carbocycles. The molecule has 30 heavy (non-hydrogen) atoms. The lowest BCUT2D eigenvalue weighted by Crippen LogP contribution is -2.14. The van der Waals surface area contributed by atoms with Crippen molar-refractivity contribution >= 4 is 34.0 Å². The van der Waals surface area contributed by atoms with Gasteiger partial charge in [0.15, 0.2) is 11.0 Å². The van der Waals surface area contributed by atoms with E-state index in [2.05, 4.69) is 35.1 Å². The molecular weight excluding hydrogens is 418 g/mol. The number of nitrogens with one attached hydrogen (secondary N) is 1. The molecule has 0 aliphatic rings. The van der Waals surface area contributed by atoms with Crippen LogP contribution in [0.5, 0.6) is 5.75 Å². The van der Waals surface area contributed by atoms with Crippen molar-refractivity contribution < 1.29 is 9.53 Å². The maximum absolute atomic E-state index is 12.3. The van der Waals surface area contributed by atoms with E-state index in [0.29, 0.717) is 28.1 Å². The molecule has 9 heteroatoms. The van der Waals surface area contributed by atoms with Gasteiger partial charge in [0.2, 0.25) is 5.91 Å². The van der Waals surface area contributed by atoms with Crippen LogP contribution in [-0.2, 0) is 24.4 Å². The normalized spacial score (nSPS) is 10.4. The summed E-state index contributed by atoms with van der Waals surface area (Å²) < 4.78 is 7.71. The van der Waals surface area contributed by atoms with Crippen LogP contribution in [0.15, 0.2) is 53.5 Å². The number of nitrogens with zero attached hydrogens (tertiary/aromatic N) is 4. The highest BCUT2D eigenvalue weighted by Gasteiger charge is 2.15. The van der Waals surface area contributed by atoms with Crippen LogP contribution in [0.4, 0.5) is 5.00 Å². The summed E-state index contributed by atoms with van der Waals surface area (Å²) in [4.78, 5) is 12.3. The largest absolute Gasteiger partial charge is 0.486 e. The van der Waals surface area contributed by atoms with Crippen molar-refractivity contribution in [2.24, 2.45) is 0 Å². The van der Waals surface area contributed by atoms with Crippen LogP contribution in [0.25, 0.3) is 0 Å². The Labute approximate surface area is 183 Å². The van der Waals surface area contributed by atoms with Gasteiger partial charge in [0.1, 0.15) is 23.4 Å². The van der Waals surface area contributed by atoms with Gasteiger partial charge in [-0.25, -0.2) is 0 Å². The number of amides is 1. The number of carbonyl (C=O) groups is 1. The molecule has 1 aromatic carbocycles. The van der Waals surface area contributed by atoms with Gasteiger partial charge in [-0.15, -0.1) is 28.1 Å². The number of nitriles is 1. The van der Waals surface area contributed by atoms with Crippen molar-refractivity contribution in [1.82, 2.24) is 14.8 Å². The molecule has 0 bridgehead atoms. The van der Waals surface area contributed by atoms with Gasteiger partial charge in [-0.3, -0.25) is 9.36 Å². The number of carbonyl (C=O) groups excluding carboxylic acids is 1. The number of hydrogen-bond donors (Lipinski definition) is 1. The van der Waals surface area contributed by atoms with Gasteiger partial charge < -0.3 is 10.1 Å². The molecule has 2 heterocycles. The van der Waals surface area contributed by atoms with Crippen molar-refractivity contribution in [3.05, 3.63) is 65.3 Å². The minimum atomic E-state index is -0.207. The Morgan fingerprint density at radius 2 is 2.17 bits per heavy atom. The van der Waals surface area contributed by atoms with E-state index >= 15 is 0 Å². The molecule has 0 radical (unpaired) electrons. The molecule has 0 aliphatic heterocycles. The first-order valence-electron chi connectivity index (χ1n) is 9.29. The van der Waals surface area contributed by atoms with Gasteiger partial charge in [0.25, 0.3) is 0 Å². The number of thioether (sulfide) groups is 1. The summed E-state index contributed by atoms with van der Waals surface area (Å²) in [5, 5.41) is 23.1. The van der Waals surface area contributed by atoms with E-state index < -0.39 is 0 Å². The zero-order valence-electron chi connectivity index (χ0n) is 16.5. The third kappa shape index (κ3) is 5.49. The zero-order valence-corrected chi connectivity index (χ0v) is 18.1. The minimum Gasteiger partial charge on any atom is -0.486 e. The zero-order chi connectivity index (χ0) is 21.3. The number of thiophene rings is 1. The summed E-state index contributed by atoms with van der Waals surface area (Å²) in [6, 6.07) is 11.7. The fraction of sp³-hybridized carbons (Fsp3) is 0.238. The van der Waals surface area contributed by atoms with E-state index in [9.17, 15) is 4.79 Å². The molecule has 0 saturated heterocycles. The van der Waals surface area contributed by atoms with E-state index in [1.807, 2.05) is 28.8 Å². The first-order valence-corrected chi connectivity index (χ1v) is 11.2. The number of hydrogen-bond acceptors (Lipinski definition) is 7. The van der Waals surface area contributed by atoms with Gasteiger partial charge in [-0.1, -0.05) is 36.9 Å². The third-order valence-corrected chi connectivity index (χ3v) is 5.97. The Bertz CT molecular complexity index is 1050. The Morgan fingerprint density at radius 1 is 1.37 bits per heavy atom. The highest BCUT2D eigenvalue weighted by Crippen LogP contribution is 2.24. The van der Waals surface area contributed by atoms with Gasteiger partial charge in [-0.05, 0) is 35.6 Å². The summed E-state index contributed by atoms with van der Waals surface area (Å²) in [5.74, 6) is 1.36. The lowest BCUT2D eigenvalue weighted by Gasteiger charge is -2.09. The summed E-state index contributed by atoms with van der Waals surface area (Å²) >= 11 is 2.59. The molecular formula is C21H21N5O2S2. The van der Waals surface area contributed by atoms with Crippen LogP contribution in [0.1, 0.15) is 23.9 Å². The van der Waals surface area contributed by atoms with E-state index in [0.717, 1.165) is 12.2 Å². The van der Waals surface area contributed by atoms with Gasteiger partial charge in [0, 0.05) is 6.54 Å². The number of allylic oxidation sites excluding steroid dienone is 1. The second-order valence-corrected chi connectivity index (χ2v) is 8.05. The van der Waals surface area contributed by atoms with Crippen LogP contribution in [0, 0.1) is 11.3 Å². The number of ether oxygens (including phenoxy) is 1. The molecule has 0 atom stereocenters. The third-order valence-electron chi connectivity index (χ3n) is 4.18. The fourth-order valence-electron chi connectivity index (χ4n) is 2.60. The maximum Gasteiger partial charge on any atom is 0.235 e. The lowest BCUT2D eigenvalue weighted by atomic mass is 10.2. The second kappa shape index (κ2) is 10.6.